The van der Waals surface area contributed by atoms with E-state index in [0.717, 1.165) is 12.0 Å². The Morgan fingerprint density at radius 2 is 2.00 bits per heavy atom. The van der Waals surface area contributed by atoms with Crippen LogP contribution < -0.4 is 0 Å². The largest absolute Gasteiger partial charge is 0.243 e. The molecule has 0 spiro atoms. The summed E-state index contributed by atoms with van der Waals surface area (Å²) in [5, 5.41) is 8.63. The third-order valence-corrected chi connectivity index (χ3v) is 5.85. The van der Waals surface area contributed by atoms with Gasteiger partial charge in [-0.2, -0.15) is 9.57 Å². The van der Waals surface area contributed by atoms with Gasteiger partial charge in [-0.1, -0.05) is 26.0 Å². The van der Waals surface area contributed by atoms with Crippen molar-refractivity contribution in [3.8, 4) is 6.07 Å². The minimum atomic E-state index is -3.39. The molecule has 0 aliphatic carbocycles. The van der Waals surface area contributed by atoms with Crippen LogP contribution in [0.3, 0.4) is 0 Å². The quantitative estimate of drug-likeness (QED) is 0.856. The summed E-state index contributed by atoms with van der Waals surface area (Å²) in [5.74, 6) is 0.954. The normalized spacial score (nSPS) is 20.2. The van der Waals surface area contributed by atoms with Gasteiger partial charge in [-0.05, 0) is 36.0 Å². The van der Waals surface area contributed by atoms with Gasteiger partial charge < -0.3 is 0 Å². The Kier molecular flexibility index (Phi) is 4.46. The van der Waals surface area contributed by atoms with Crippen molar-refractivity contribution in [3.63, 3.8) is 0 Å². The zero-order valence-electron chi connectivity index (χ0n) is 11.9. The lowest BCUT2D eigenvalue weighted by molar-refractivity contribution is 0.388. The average molecular weight is 292 g/mol. The molecular weight excluding hydrogens is 272 g/mol. The summed E-state index contributed by atoms with van der Waals surface area (Å²) >= 11 is 0. The third kappa shape index (κ3) is 3.02. The Hall–Kier alpha value is -1.38. The Balaban J connectivity index is 2.17. The van der Waals surface area contributed by atoms with Crippen molar-refractivity contribution < 1.29 is 8.42 Å². The van der Waals surface area contributed by atoms with Crippen LogP contribution in [-0.2, 0) is 16.4 Å². The topological polar surface area (TPSA) is 61.2 Å². The molecule has 1 aliphatic heterocycles. The minimum absolute atomic E-state index is 0.305. The van der Waals surface area contributed by atoms with Gasteiger partial charge in [0, 0.05) is 13.1 Å². The zero-order chi connectivity index (χ0) is 14.8. The van der Waals surface area contributed by atoms with Gasteiger partial charge in [0.05, 0.1) is 17.4 Å². The molecule has 1 unspecified atom stereocenters. The molecule has 0 saturated carbocycles. The molecule has 5 heteroatoms. The Morgan fingerprint density at radius 1 is 1.35 bits per heavy atom. The first-order valence-corrected chi connectivity index (χ1v) is 8.35. The highest BCUT2D eigenvalue weighted by molar-refractivity contribution is 7.89. The maximum atomic E-state index is 12.5. The molecule has 0 N–H and O–H groups in total. The second-order valence-electron chi connectivity index (χ2n) is 5.63. The summed E-state index contributed by atoms with van der Waals surface area (Å²) in [5.41, 5.74) is 0.841. The molecule has 4 nitrogen and oxygen atoms in total. The van der Waals surface area contributed by atoms with E-state index in [0.29, 0.717) is 36.2 Å². The zero-order valence-corrected chi connectivity index (χ0v) is 12.7. The predicted molar refractivity (Wildman–Crippen MR) is 77.5 cm³/mol. The molecule has 0 aromatic heterocycles. The molecule has 0 amide bonds. The maximum absolute atomic E-state index is 12.5. The summed E-state index contributed by atoms with van der Waals surface area (Å²) in [7, 11) is -3.39. The van der Waals surface area contributed by atoms with Crippen molar-refractivity contribution in [2.24, 2.45) is 11.8 Å². The first kappa shape index (κ1) is 15.0. The molecule has 0 bridgehead atoms. The van der Waals surface area contributed by atoms with Gasteiger partial charge in [0.2, 0.25) is 10.0 Å². The van der Waals surface area contributed by atoms with Crippen LogP contribution >= 0.6 is 0 Å². The molecule has 108 valence electrons. The van der Waals surface area contributed by atoms with Crippen LogP contribution in [-0.4, -0.2) is 25.8 Å². The number of hydrogen-bond acceptors (Lipinski definition) is 3. The molecule has 1 aromatic rings. The minimum Gasteiger partial charge on any atom is -0.207 e. The number of nitrogens with zero attached hydrogens (tertiary/aromatic N) is 2. The van der Waals surface area contributed by atoms with Crippen LogP contribution in [0.1, 0.15) is 25.8 Å². The van der Waals surface area contributed by atoms with E-state index in [2.05, 4.69) is 19.9 Å². The molecular formula is C15H20N2O2S. The van der Waals surface area contributed by atoms with E-state index in [1.807, 2.05) is 0 Å². The molecule has 1 atom stereocenters. The van der Waals surface area contributed by atoms with E-state index in [1.54, 1.807) is 28.6 Å². The van der Waals surface area contributed by atoms with Crippen molar-refractivity contribution in [2.75, 3.05) is 13.1 Å². The Bertz CT molecular complexity index is 600. The summed E-state index contributed by atoms with van der Waals surface area (Å²) in [6, 6.07) is 8.69. The van der Waals surface area contributed by atoms with Crippen molar-refractivity contribution >= 4 is 10.0 Å². The molecule has 0 radical (unpaired) electrons. The Labute approximate surface area is 121 Å². The van der Waals surface area contributed by atoms with Crippen LogP contribution in [0.25, 0.3) is 0 Å². The van der Waals surface area contributed by atoms with E-state index in [9.17, 15) is 8.42 Å². The number of benzene rings is 1. The maximum Gasteiger partial charge on any atom is 0.243 e. The highest BCUT2D eigenvalue weighted by Crippen LogP contribution is 2.28. The van der Waals surface area contributed by atoms with E-state index >= 15 is 0 Å². The van der Waals surface area contributed by atoms with Crippen molar-refractivity contribution in [3.05, 3.63) is 29.8 Å². The van der Waals surface area contributed by atoms with Gasteiger partial charge >= 0.3 is 0 Å². The van der Waals surface area contributed by atoms with Gasteiger partial charge in [-0.25, -0.2) is 8.42 Å². The first-order chi connectivity index (χ1) is 9.45. The molecule has 1 aliphatic rings. The lowest BCUT2D eigenvalue weighted by Gasteiger charge is -2.18. The molecule has 1 aromatic carbocycles. The second-order valence-corrected chi connectivity index (χ2v) is 7.57. The third-order valence-electron chi connectivity index (χ3n) is 3.97. The van der Waals surface area contributed by atoms with Gasteiger partial charge in [0.1, 0.15) is 0 Å². The predicted octanol–water partition coefficient (Wildman–Crippen LogP) is 2.42. The smallest absolute Gasteiger partial charge is 0.207 e. The number of nitriles is 1. The van der Waals surface area contributed by atoms with Crippen LogP contribution in [0.2, 0.25) is 0 Å². The highest BCUT2D eigenvalue weighted by atomic mass is 32.2. The highest BCUT2D eigenvalue weighted by Gasteiger charge is 2.33. The monoisotopic (exact) mass is 292 g/mol. The number of rotatable bonds is 4. The SMILES string of the molecule is CC(C)C1CCN(S(=O)(=O)c2ccc(CC#N)cc2)C1. The number of hydrogen-bond donors (Lipinski definition) is 0. The van der Waals surface area contributed by atoms with Crippen molar-refractivity contribution in [1.29, 1.82) is 5.26 Å². The molecule has 1 fully saturated rings. The van der Waals surface area contributed by atoms with Gasteiger partial charge in [0.15, 0.2) is 0 Å². The lowest BCUT2D eigenvalue weighted by atomic mass is 9.96. The van der Waals surface area contributed by atoms with E-state index in [-0.39, 0.29) is 0 Å². The summed E-state index contributed by atoms with van der Waals surface area (Å²) in [4.78, 5) is 0.323. The van der Waals surface area contributed by atoms with Crippen LogP contribution in [0.4, 0.5) is 0 Å². The lowest BCUT2D eigenvalue weighted by Crippen LogP contribution is -2.29. The van der Waals surface area contributed by atoms with E-state index < -0.39 is 10.0 Å². The Morgan fingerprint density at radius 3 is 2.50 bits per heavy atom. The summed E-state index contributed by atoms with van der Waals surface area (Å²) < 4.78 is 26.6. The van der Waals surface area contributed by atoms with Crippen molar-refractivity contribution in [1.82, 2.24) is 4.31 Å². The summed E-state index contributed by atoms with van der Waals surface area (Å²) in [6.45, 7) is 5.49. The molecule has 1 saturated heterocycles. The molecule has 2 rings (SSSR count). The molecule has 1 heterocycles. The fourth-order valence-electron chi connectivity index (χ4n) is 2.54. The van der Waals surface area contributed by atoms with E-state index in [1.165, 1.54) is 0 Å². The fraction of sp³-hybridized carbons (Fsp3) is 0.533. The number of sulfonamides is 1. The summed E-state index contributed by atoms with van der Waals surface area (Å²) in [6.07, 6.45) is 1.24. The first-order valence-electron chi connectivity index (χ1n) is 6.91. The van der Waals surface area contributed by atoms with Gasteiger partial charge in [0.25, 0.3) is 0 Å². The van der Waals surface area contributed by atoms with Crippen LogP contribution in [0, 0.1) is 23.2 Å². The molecule has 20 heavy (non-hydrogen) atoms. The van der Waals surface area contributed by atoms with E-state index in [4.69, 9.17) is 5.26 Å². The second kappa shape index (κ2) is 5.94. The van der Waals surface area contributed by atoms with Crippen molar-refractivity contribution in [2.45, 2.75) is 31.6 Å². The van der Waals surface area contributed by atoms with Gasteiger partial charge in [-0.3, -0.25) is 0 Å². The van der Waals surface area contributed by atoms with Crippen LogP contribution in [0.15, 0.2) is 29.2 Å². The standard InChI is InChI=1S/C15H20N2O2S/c1-12(2)14-8-10-17(11-14)20(18,19)15-5-3-13(4-6-15)7-9-16/h3-6,12,14H,7-8,10-11H2,1-2H3. The fourth-order valence-corrected chi connectivity index (χ4v) is 4.05. The van der Waals surface area contributed by atoms with Crippen LogP contribution in [0.5, 0.6) is 0 Å². The average Bonchev–Trinajstić information content (AvgIpc) is 2.90. The van der Waals surface area contributed by atoms with Gasteiger partial charge in [-0.15, -0.1) is 0 Å².